The molecule has 0 bridgehead atoms. The van der Waals surface area contributed by atoms with Crippen LogP contribution in [-0.4, -0.2) is 4.98 Å². The average Bonchev–Trinajstić information content (AvgIpc) is 2.30. The summed E-state index contributed by atoms with van der Waals surface area (Å²) in [4.78, 5) is 3.50. The average molecular weight is 214 g/mol. The zero-order valence-corrected chi connectivity index (χ0v) is 9.29. The molecule has 2 aliphatic carbocycles. The first kappa shape index (κ1) is 9.02. The maximum atomic E-state index is 5.54. The first-order valence-corrected chi connectivity index (χ1v) is 5.81. The smallest absolute Gasteiger partial charge is 0.161 e. The largest absolute Gasteiger partial charge is 0.336 e. The van der Waals surface area contributed by atoms with Gasteiger partial charge >= 0.3 is 0 Å². The number of fused-ring (bicyclic) bond motifs is 2. The number of hydrogen-bond donors (Lipinski definition) is 1. The Labute approximate surface area is 94.5 Å². The number of pyridine rings is 1. The van der Waals surface area contributed by atoms with Crippen LogP contribution in [0, 0.1) is 10.6 Å². The Morgan fingerprint density at radius 3 is 3.07 bits per heavy atom. The summed E-state index contributed by atoms with van der Waals surface area (Å²) >= 11 is 5.54. The summed E-state index contributed by atoms with van der Waals surface area (Å²) in [6.45, 7) is 0. The third kappa shape index (κ3) is 1.38. The summed E-state index contributed by atoms with van der Waals surface area (Å²) in [5, 5.41) is 0. The molecule has 1 heterocycles. The summed E-state index contributed by atoms with van der Waals surface area (Å²) in [5.74, 6) is 0. The number of aromatic nitrogens is 1. The van der Waals surface area contributed by atoms with Gasteiger partial charge in [0.05, 0.1) is 6.08 Å². The van der Waals surface area contributed by atoms with Crippen LogP contribution < -0.4 is 0 Å². The van der Waals surface area contributed by atoms with Crippen molar-refractivity contribution in [3.05, 3.63) is 39.2 Å². The molecule has 0 radical (unpaired) electrons. The fraction of sp³-hybridized carbons (Fsp3) is 0.308. The van der Waals surface area contributed by atoms with Crippen LogP contribution in [0.3, 0.4) is 0 Å². The summed E-state index contributed by atoms with van der Waals surface area (Å²) in [7, 11) is 0. The van der Waals surface area contributed by atoms with E-state index in [1.165, 1.54) is 24.1 Å². The molecule has 74 valence electrons. The molecule has 0 amide bonds. The van der Waals surface area contributed by atoms with Crippen molar-refractivity contribution in [2.75, 3.05) is 0 Å². The lowest BCUT2D eigenvalue weighted by Crippen LogP contribution is -2.09. The SMILES string of the molecule is S=c1c2c([nH]c3c1CCCC3)C=C[C+]=C2. The van der Waals surface area contributed by atoms with Crippen LogP contribution in [-0.2, 0) is 12.8 Å². The Bertz CT molecular complexity index is 520. The molecular weight excluding hydrogens is 202 g/mol. The van der Waals surface area contributed by atoms with Gasteiger partial charge in [-0.05, 0) is 25.7 Å². The van der Waals surface area contributed by atoms with Gasteiger partial charge in [0.25, 0.3) is 0 Å². The quantitative estimate of drug-likeness (QED) is 0.516. The zero-order valence-electron chi connectivity index (χ0n) is 8.47. The lowest BCUT2D eigenvalue weighted by Gasteiger charge is -2.16. The van der Waals surface area contributed by atoms with Crippen LogP contribution in [0.5, 0.6) is 0 Å². The van der Waals surface area contributed by atoms with Crippen molar-refractivity contribution in [2.45, 2.75) is 25.7 Å². The second-order valence-electron chi connectivity index (χ2n) is 4.09. The Morgan fingerprint density at radius 2 is 2.13 bits per heavy atom. The first-order valence-electron chi connectivity index (χ1n) is 5.40. The van der Waals surface area contributed by atoms with Crippen molar-refractivity contribution < 1.29 is 0 Å². The van der Waals surface area contributed by atoms with Crippen molar-refractivity contribution in [3.8, 4) is 0 Å². The lowest BCUT2D eigenvalue weighted by atomic mass is 9.93. The minimum atomic E-state index is 1.04. The molecule has 0 fully saturated rings. The number of H-pyrrole nitrogens is 1. The van der Waals surface area contributed by atoms with E-state index in [9.17, 15) is 0 Å². The molecule has 1 aromatic rings. The van der Waals surface area contributed by atoms with E-state index in [0.717, 1.165) is 28.6 Å². The van der Waals surface area contributed by atoms with Crippen LogP contribution in [0.2, 0.25) is 0 Å². The minimum Gasteiger partial charge on any atom is -0.336 e. The summed E-state index contributed by atoms with van der Waals surface area (Å²) in [5.41, 5.74) is 5.01. The predicted octanol–water partition coefficient (Wildman–Crippen LogP) is 3.47. The lowest BCUT2D eigenvalue weighted by molar-refractivity contribution is 0.665. The highest BCUT2D eigenvalue weighted by Gasteiger charge is 2.20. The molecule has 2 heteroatoms. The standard InChI is InChI=1S/C13H11NS/c15-13-9-5-1-3-7-11(9)14-12-8-4-2-6-10(12)13/h4,6,8H,1,3,5,7H2/p+1. The van der Waals surface area contributed by atoms with Gasteiger partial charge in [-0.1, -0.05) is 12.2 Å². The van der Waals surface area contributed by atoms with Crippen LogP contribution in [0.1, 0.15) is 35.4 Å². The second-order valence-corrected chi connectivity index (χ2v) is 4.50. The van der Waals surface area contributed by atoms with Gasteiger partial charge in [-0.25, -0.2) is 0 Å². The molecule has 0 saturated heterocycles. The van der Waals surface area contributed by atoms with Crippen LogP contribution >= 0.6 is 12.2 Å². The van der Waals surface area contributed by atoms with Gasteiger partial charge < -0.3 is 4.98 Å². The third-order valence-corrected chi connectivity index (χ3v) is 3.60. The molecule has 0 saturated carbocycles. The van der Waals surface area contributed by atoms with E-state index in [4.69, 9.17) is 12.2 Å². The number of nitrogens with one attached hydrogen (secondary N) is 1. The molecule has 0 unspecified atom stereocenters. The summed E-state index contributed by atoms with van der Waals surface area (Å²) < 4.78 is 1.04. The van der Waals surface area contributed by atoms with E-state index in [1.807, 2.05) is 12.2 Å². The number of aromatic amines is 1. The van der Waals surface area contributed by atoms with Gasteiger partial charge in [0, 0.05) is 17.3 Å². The predicted molar refractivity (Wildman–Crippen MR) is 65.0 cm³/mol. The molecule has 0 aromatic carbocycles. The maximum Gasteiger partial charge on any atom is 0.161 e. The van der Waals surface area contributed by atoms with Gasteiger partial charge in [0.2, 0.25) is 0 Å². The van der Waals surface area contributed by atoms with Crippen molar-refractivity contribution >= 4 is 24.4 Å². The van der Waals surface area contributed by atoms with E-state index in [-0.39, 0.29) is 0 Å². The molecule has 0 atom stereocenters. The van der Waals surface area contributed by atoms with Gasteiger partial charge in [0.1, 0.15) is 22.2 Å². The Hall–Kier alpha value is -1.24. The fourth-order valence-electron chi connectivity index (χ4n) is 2.35. The molecule has 0 spiro atoms. The number of rotatable bonds is 0. The van der Waals surface area contributed by atoms with Crippen LogP contribution in [0.15, 0.2) is 6.08 Å². The highest BCUT2D eigenvalue weighted by Crippen LogP contribution is 2.26. The van der Waals surface area contributed by atoms with Crippen LogP contribution in [0.4, 0.5) is 0 Å². The van der Waals surface area contributed by atoms with E-state index in [2.05, 4.69) is 17.1 Å². The Balaban J connectivity index is 2.31. The molecule has 1 nitrogen and oxygen atoms in total. The van der Waals surface area contributed by atoms with Crippen molar-refractivity contribution in [2.24, 2.45) is 0 Å². The molecule has 1 N–H and O–H groups in total. The monoisotopic (exact) mass is 214 g/mol. The maximum absolute atomic E-state index is 5.54. The first-order chi connectivity index (χ1) is 7.36. The van der Waals surface area contributed by atoms with Crippen molar-refractivity contribution in [1.82, 2.24) is 4.98 Å². The summed E-state index contributed by atoms with van der Waals surface area (Å²) in [6, 6.07) is 0. The highest BCUT2D eigenvalue weighted by molar-refractivity contribution is 7.71. The normalized spacial score (nSPS) is 16.8. The zero-order chi connectivity index (χ0) is 10.3. The van der Waals surface area contributed by atoms with Gasteiger partial charge in [-0.2, -0.15) is 0 Å². The number of aryl methyl sites for hydroxylation is 1. The van der Waals surface area contributed by atoms with E-state index in [1.54, 1.807) is 0 Å². The fourth-order valence-corrected chi connectivity index (χ4v) is 2.74. The van der Waals surface area contributed by atoms with Gasteiger partial charge in [-0.3, -0.25) is 0 Å². The van der Waals surface area contributed by atoms with E-state index < -0.39 is 0 Å². The van der Waals surface area contributed by atoms with E-state index in [0.29, 0.717) is 0 Å². The highest BCUT2D eigenvalue weighted by atomic mass is 32.1. The topological polar surface area (TPSA) is 15.8 Å². The third-order valence-electron chi connectivity index (χ3n) is 3.14. The molecule has 15 heavy (non-hydrogen) atoms. The molecule has 0 aliphatic heterocycles. The van der Waals surface area contributed by atoms with E-state index >= 15 is 0 Å². The Kier molecular flexibility index (Phi) is 2.05. The Morgan fingerprint density at radius 1 is 1.27 bits per heavy atom. The van der Waals surface area contributed by atoms with Gasteiger partial charge in [0.15, 0.2) is 5.69 Å². The number of hydrogen-bond acceptors (Lipinski definition) is 1. The second kappa shape index (κ2) is 3.41. The molecule has 3 rings (SSSR count). The minimum absolute atomic E-state index is 1.04. The molecule has 2 aliphatic rings. The van der Waals surface area contributed by atoms with Crippen molar-refractivity contribution in [3.63, 3.8) is 0 Å². The van der Waals surface area contributed by atoms with Crippen LogP contribution in [0.25, 0.3) is 12.2 Å². The van der Waals surface area contributed by atoms with Crippen molar-refractivity contribution in [1.29, 1.82) is 0 Å². The summed E-state index contributed by atoms with van der Waals surface area (Å²) in [6.07, 6.45) is 13.9. The number of allylic oxidation sites excluding steroid dienone is 2. The molecular formula is C13H12NS+. The van der Waals surface area contributed by atoms with Gasteiger partial charge in [-0.15, -0.1) is 0 Å². The molecule has 1 aromatic heterocycles.